The topological polar surface area (TPSA) is 15.3 Å². The minimum Gasteiger partial charge on any atom is -0.317 e. The highest BCUT2D eigenvalue weighted by Crippen LogP contribution is 2.49. The van der Waals surface area contributed by atoms with Crippen LogP contribution < -0.4 is 5.32 Å². The molecular weight excluding hydrogens is 172 g/mol. The van der Waals surface area contributed by atoms with Crippen molar-refractivity contribution in [3.63, 3.8) is 0 Å². The molecule has 2 nitrogen and oxygen atoms in total. The van der Waals surface area contributed by atoms with Gasteiger partial charge in [0.1, 0.15) is 0 Å². The van der Waals surface area contributed by atoms with Crippen LogP contribution in [0.15, 0.2) is 0 Å². The van der Waals surface area contributed by atoms with E-state index in [1.165, 1.54) is 25.9 Å². The summed E-state index contributed by atoms with van der Waals surface area (Å²) in [5.74, 6) is 0.810. The van der Waals surface area contributed by atoms with Crippen LogP contribution in [0.5, 0.6) is 0 Å². The molecule has 82 valence electrons. The van der Waals surface area contributed by atoms with Crippen LogP contribution in [0.2, 0.25) is 0 Å². The highest BCUT2D eigenvalue weighted by Gasteiger charge is 2.50. The van der Waals surface area contributed by atoms with Gasteiger partial charge in [-0.05, 0) is 37.8 Å². The lowest BCUT2D eigenvalue weighted by atomic mass is 9.93. The third-order valence-electron chi connectivity index (χ3n) is 4.21. The van der Waals surface area contributed by atoms with E-state index in [-0.39, 0.29) is 0 Å². The number of nitrogens with one attached hydrogen (secondary N) is 1. The van der Waals surface area contributed by atoms with E-state index in [4.69, 9.17) is 0 Å². The Balaban J connectivity index is 1.88. The Bertz CT molecular complexity index is 212. The molecule has 0 aromatic carbocycles. The average molecular weight is 196 g/mol. The Morgan fingerprint density at radius 1 is 1.36 bits per heavy atom. The second-order valence-corrected chi connectivity index (χ2v) is 5.86. The largest absolute Gasteiger partial charge is 0.317 e. The molecule has 1 saturated heterocycles. The molecule has 0 aromatic rings. The molecule has 1 aliphatic carbocycles. The molecule has 1 N–H and O–H groups in total. The zero-order chi connectivity index (χ0) is 10.3. The van der Waals surface area contributed by atoms with Crippen LogP contribution in [-0.2, 0) is 0 Å². The van der Waals surface area contributed by atoms with Crippen LogP contribution in [0.1, 0.15) is 33.6 Å². The Labute approximate surface area is 88.1 Å². The van der Waals surface area contributed by atoms with Gasteiger partial charge in [-0.25, -0.2) is 0 Å². The fourth-order valence-corrected chi connectivity index (χ4v) is 2.95. The maximum Gasteiger partial charge on any atom is 0.0153 e. The van der Waals surface area contributed by atoms with E-state index in [1.807, 2.05) is 0 Å². The molecule has 2 rings (SSSR count). The molecule has 1 saturated carbocycles. The molecule has 3 unspecified atom stereocenters. The lowest BCUT2D eigenvalue weighted by Crippen LogP contribution is -2.48. The van der Waals surface area contributed by atoms with E-state index in [9.17, 15) is 0 Å². The quantitative estimate of drug-likeness (QED) is 0.723. The standard InChI is InChI=1S/C12H24N2/c1-9-8-14(6-5-10(9)13-4)11-7-12(11,2)3/h9-11,13H,5-8H2,1-4H3. The second kappa shape index (κ2) is 3.49. The van der Waals surface area contributed by atoms with Gasteiger partial charge in [0.05, 0.1) is 0 Å². The van der Waals surface area contributed by atoms with Gasteiger partial charge in [0.25, 0.3) is 0 Å². The van der Waals surface area contributed by atoms with Gasteiger partial charge in [-0.15, -0.1) is 0 Å². The van der Waals surface area contributed by atoms with Crippen molar-refractivity contribution in [2.45, 2.75) is 45.7 Å². The Hall–Kier alpha value is -0.0800. The van der Waals surface area contributed by atoms with Crippen molar-refractivity contribution in [2.75, 3.05) is 20.1 Å². The van der Waals surface area contributed by atoms with E-state index < -0.39 is 0 Å². The Morgan fingerprint density at radius 3 is 2.43 bits per heavy atom. The molecule has 2 heteroatoms. The number of piperidine rings is 1. The fraction of sp³-hybridized carbons (Fsp3) is 1.00. The first-order chi connectivity index (χ1) is 6.54. The fourth-order valence-electron chi connectivity index (χ4n) is 2.95. The summed E-state index contributed by atoms with van der Waals surface area (Å²) in [6.07, 6.45) is 2.73. The van der Waals surface area contributed by atoms with Crippen molar-refractivity contribution >= 4 is 0 Å². The normalized spacial score (nSPS) is 42.4. The average Bonchev–Trinajstić information content (AvgIpc) is 2.75. The van der Waals surface area contributed by atoms with Crippen molar-refractivity contribution < 1.29 is 0 Å². The van der Waals surface area contributed by atoms with Crippen molar-refractivity contribution in [1.29, 1.82) is 0 Å². The molecule has 0 radical (unpaired) electrons. The van der Waals surface area contributed by atoms with Crippen LogP contribution in [0, 0.1) is 11.3 Å². The summed E-state index contributed by atoms with van der Waals surface area (Å²) in [6.45, 7) is 9.76. The Morgan fingerprint density at radius 2 is 2.00 bits per heavy atom. The van der Waals surface area contributed by atoms with Gasteiger partial charge < -0.3 is 5.32 Å². The van der Waals surface area contributed by atoms with Gasteiger partial charge >= 0.3 is 0 Å². The van der Waals surface area contributed by atoms with E-state index in [0.717, 1.165) is 18.0 Å². The molecule has 0 aromatic heterocycles. The summed E-state index contributed by atoms with van der Waals surface area (Å²) in [4.78, 5) is 2.71. The number of rotatable bonds is 2. The van der Waals surface area contributed by atoms with E-state index in [0.29, 0.717) is 5.41 Å². The molecule has 1 heterocycles. The van der Waals surface area contributed by atoms with E-state index >= 15 is 0 Å². The minimum atomic E-state index is 0.603. The van der Waals surface area contributed by atoms with Crippen molar-refractivity contribution in [1.82, 2.24) is 10.2 Å². The van der Waals surface area contributed by atoms with Crippen LogP contribution in [0.3, 0.4) is 0 Å². The third kappa shape index (κ3) is 1.82. The van der Waals surface area contributed by atoms with Gasteiger partial charge in [-0.3, -0.25) is 4.90 Å². The van der Waals surface area contributed by atoms with Crippen LogP contribution in [0.4, 0.5) is 0 Å². The van der Waals surface area contributed by atoms with Gasteiger partial charge in [0.2, 0.25) is 0 Å². The smallest absolute Gasteiger partial charge is 0.0153 e. The predicted octanol–water partition coefficient (Wildman–Crippen LogP) is 1.71. The molecule has 1 aliphatic heterocycles. The van der Waals surface area contributed by atoms with E-state index in [2.05, 4.69) is 38.0 Å². The summed E-state index contributed by atoms with van der Waals surface area (Å²) in [5.41, 5.74) is 0.603. The van der Waals surface area contributed by atoms with Crippen molar-refractivity contribution in [2.24, 2.45) is 11.3 Å². The highest BCUT2D eigenvalue weighted by molar-refractivity contribution is 5.04. The number of hydrogen-bond donors (Lipinski definition) is 1. The number of hydrogen-bond acceptors (Lipinski definition) is 2. The summed E-state index contributed by atoms with van der Waals surface area (Å²) in [7, 11) is 2.10. The first-order valence-electron chi connectivity index (χ1n) is 5.96. The van der Waals surface area contributed by atoms with Crippen LogP contribution in [-0.4, -0.2) is 37.1 Å². The Kier molecular flexibility index (Phi) is 2.61. The van der Waals surface area contributed by atoms with Crippen molar-refractivity contribution in [3.05, 3.63) is 0 Å². The second-order valence-electron chi connectivity index (χ2n) is 5.86. The predicted molar refractivity (Wildman–Crippen MR) is 60.4 cm³/mol. The van der Waals surface area contributed by atoms with Gasteiger partial charge in [-0.2, -0.15) is 0 Å². The maximum absolute atomic E-state index is 3.43. The minimum absolute atomic E-state index is 0.603. The number of nitrogens with zero attached hydrogens (tertiary/aromatic N) is 1. The third-order valence-corrected chi connectivity index (χ3v) is 4.21. The first-order valence-corrected chi connectivity index (χ1v) is 5.96. The lowest BCUT2D eigenvalue weighted by Gasteiger charge is -2.37. The molecular formula is C12H24N2. The molecule has 14 heavy (non-hydrogen) atoms. The molecule has 0 spiro atoms. The maximum atomic E-state index is 3.43. The van der Waals surface area contributed by atoms with Gasteiger partial charge in [0.15, 0.2) is 0 Å². The summed E-state index contributed by atoms with van der Waals surface area (Å²) in [5, 5.41) is 3.43. The number of likely N-dealkylation sites (tertiary alicyclic amines) is 1. The zero-order valence-electron chi connectivity index (χ0n) is 10.0. The molecule has 2 fully saturated rings. The van der Waals surface area contributed by atoms with Crippen LogP contribution >= 0.6 is 0 Å². The molecule has 2 aliphatic rings. The van der Waals surface area contributed by atoms with Crippen LogP contribution in [0.25, 0.3) is 0 Å². The monoisotopic (exact) mass is 196 g/mol. The molecule has 0 amide bonds. The van der Waals surface area contributed by atoms with Gasteiger partial charge in [-0.1, -0.05) is 20.8 Å². The SMILES string of the molecule is CNC1CCN(C2CC2(C)C)CC1C. The molecule has 0 bridgehead atoms. The summed E-state index contributed by atoms with van der Waals surface area (Å²) in [6, 6.07) is 1.62. The van der Waals surface area contributed by atoms with Gasteiger partial charge in [0, 0.05) is 18.6 Å². The molecule has 3 atom stereocenters. The van der Waals surface area contributed by atoms with E-state index in [1.54, 1.807) is 0 Å². The summed E-state index contributed by atoms with van der Waals surface area (Å²) >= 11 is 0. The highest BCUT2D eigenvalue weighted by atomic mass is 15.2. The zero-order valence-corrected chi connectivity index (χ0v) is 10.0. The first kappa shape index (κ1) is 10.4. The lowest BCUT2D eigenvalue weighted by molar-refractivity contribution is 0.131. The van der Waals surface area contributed by atoms with Crippen molar-refractivity contribution in [3.8, 4) is 0 Å². The summed E-state index contributed by atoms with van der Waals surface area (Å²) < 4.78 is 0.